The Bertz CT molecular complexity index is 544. The number of nitrogens with zero attached hydrogens (tertiary/aromatic N) is 1. The van der Waals surface area contributed by atoms with Gasteiger partial charge in [-0.3, -0.25) is 4.98 Å². The molecule has 1 saturated carbocycles. The second-order valence-corrected chi connectivity index (χ2v) is 6.28. The number of hydrogen-bond donors (Lipinski definition) is 1. The molecule has 1 heterocycles. The highest BCUT2D eigenvalue weighted by atomic mass is 32.2. The number of rotatable bonds is 5. The van der Waals surface area contributed by atoms with Crippen LogP contribution in [0.5, 0.6) is 0 Å². The highest BCUT2D eigenvalue weighted by Crippen LogP contribution is 2.46. The zero-order chi connectivity index (χ0) is 12.4. The molecule has 0 unspecified atom stereocenters. The van der Waals surface area contributed by atoms with Crippen molar-refractivity contribution >= 4 is 22.5 Å². The van der Waals surface area contributed by atoms with Gasteiger partial charge in [0.15, 0.2) is 0 Å². The van der Waals surface area contributed by atoms with Crippen LogP contribution in [-0.4, -0.2) is 22.5 Å². The van der Waals surface area contributed by atoms with Gasteiger partial charge >= 0.3 is 0 Å². The van der Waals surface area contributed by atoms with Crippen LogP contribution in [-0.2, 0) is 6.54 Å². The lowest BCUT2D eigenvalue weighted by atomic mass is 10.1. The summed E-state index contributed by atoms with van der Waals surface area (Å²) >= 11 is 2.00. The molecule has 1 aliphatic rings. The van der Waals surface area contributed by atoms with Crippen LogP contribution in [0, 0.1) is 0 Å². The summed E-state index contributed by atoms with van der Waals surface area (Å²) in [5.74, 6) is 0. The van der Waals surface area contributed by atoms with E-state index in [-0.39, 0.29) is 0 Å². The largest absolute Gasteiger partial charge is 0.311 e. The third-order valence-corrected chi connectivity index (χ3v) is 5.19. The molecule has 0 aliphatic heterocycles. The molecule has 1 aromatic heterocycles. The first kappa shape index (κ1) is 12.0. The Hall–Kier alpha value is -1.06. The number of hydrogen-bond acceptors (Lipinski definition) is 3. The van der Waals surface area contributed by atoms with Gasteiger partial charge in [0.25, 0.3) is 0 Å². The van der Waals surface area contributed by atoms with Crippen LogP contribution < -0.4 is 5.32 Å². The van der Waals surface area contributed by atoms with Crippen LogP contribution in [0.25, 0.3) is 10.8 Å². The van der Waals surface area contributed by atoms with E-state index in [1.807, 2.05) is 24.2 Å². The molecule has 0 radical (unpaired) electrons. The zero-order valence-electron chi connectivity index (χ0n) is 10.6. The molecule has 0 saturated heterocycles. The molecule has 2 nitrogen and oxygen atoms in total. The van der Waals surface area contributed by atoms with E-state index in [4.69, 9.17) is 0 Å². The molecule has 0 spiro atoms. The maximum absolute atomic E-state index is 4.17. The van der Waals surface area contributed by atoms with Gasteiger partial charge in [-0.25, -0.2) is 0 Å². The Balaban J connectivity index is 1.71. The van der Waals surface area contributed by atoms with Gasteiger partial charge in [-0.2, -0.15) is 11.8 Å². The average molecular weight is 258 g/mol. The van der Waals surface area contributed by atoms with Crippen LogP contribution in [0.15, 0.2) is 36.7 Å². The molecule has 1 N–H and O–H groups in total. The fourth-order valence-corrected chi connectivity index (χ4v) is 3.12. The van der Waals surface area contributed by atoms with Crippen molar-refractivity contribution in [3.05, 3.63) is 42.2 Å². The number of benzene rings is 1. The Morgan fingerprint density at radius 3 is 3.00 bits per heavy atom. The maximum atomic E-state index is 4.17. The first-order chi connectivity index (χ1) is 8.83. The Labute approximate surface area is 112 Å². The minimum absolute atomic E-state index is 0.534. The second kappa shape index (κ2) is 4.90. The van der Waals surface area contributed by atoms with Gasteiger partial charge in [-0.1, -0.05) is 18.2 Å². The van der Waals surface area contributed by atoms with Crippen LogP contribution >= 0.6 is 11.8 Å². The van der Waals surface area contributed by atoms with E-state index in [0.717, 1.165) is 13.1 Å². The second-order valence-electron chi connectivity index (χ2n) is 5.00. The van der Waals surface area contributed by atoms with Crippen molar-refractivity contribution in [1.29, 1.82) is 0 Å². The third kappa shape index (κ3) is 2.38. The number of pyridine rings is 1. The molecule has 1 fully saturated rings. The highest BCUT2D eigenvalue weighted by Gasteiger charge is 2.41. The molecular formula is C15H18N2S. The lowest BCUT2D eigenvalue weighted by Crippen LogP contribution is -2.25. The van der Waals surface area contributed by atoms with Crippen molar-refractivity contribution in [3.8, 4) is 0 Å². The van der Waals surface area contributed by atoms with E-state index in [1.165, 1.54) is 29.2 Å². The van der Waals surface area contributed by atoms with Crippen molar-refractivity contribution in [2.45, 2.75) is 24.1 Å². The zero-order valence-corrected chi connectivity index (χ0v) is 11.5. The Kier molecular flexibility index (Phi) is 3.27. The summed E-state index contributed by atoms with van der Waals surface area (Å²) in [5.41, 5.74) is 1.37. The lowest BCUT2D eigenvalue weighted by Gasteiger charge is -2.14. The standard InChI is InChI=1S/C15H18N2S/c1-18-15(6-7-15)11-17-10-13-4-2-3-12-9-16-8-5-14(12)13/h2-5,8-9,17H,6-7,10-11H2,1H3. The fourth-order valence-electron chi connectivity index (χ4n) is 2.36. The van der Waals surface area contributed by atoms with Crippen LogP contribution in [0.3, 0.4) is 0 Å². The lowest BCUT2D eigenvalue weighted by molar-refractivity contribution is 0.665. The molecule has 0 atom stereocenters. The van der Waals surface area contributed by atoms with Crippen LogP contribution in [0.4, 0.5) is 0 Å². The number of aromatic nitrogens is 1. The summed E-state index contributed by atoms with van der Waals surface area (Å²) in [5, 5.41) is 6.14. The molecule has 0 bridgehead atoms. The first-order valence-electron chi connectivity index (χ1n) is 6.40. The van der Waals surface area contributed by atoms with Gasteiger partial charge in [0, 0.05) is 35.6 Å². The van der Waals surface area contributed by atoms with E-state index < -0.39 is 0 Å². The minimum atomic E-state index is 0.534. The first-order valence-corrected chi connectivity index (χ1v) is 7.63. The molecule has 3 heteroatoms. The third-order valence-electron chi connectivity index (χ3n) is 3.77. The molecule has 0 amide bonds. The van der Waals surface area contributed by atoms with Gasteiger partial charge in [0.1, 0.15) is 0 Å². The minimum Gasteiger partial charge on any atom is -0.311 e. The van der Waals surface area contributed by atoms with Crippen molar-refractivity contribution in [2.75, 3.05) is 12.8 Å². The van der Waals surface area contributed by atoms with E-state index in [2.05, 4.69) is 40.8 Å². The van der Waals surface area contributed by atoms with Crippen LogP contribution in [0.1, 0.15) is 18.4 Å². The predicted octanol–water partition coefficient (Wildman–Crippen LogP) is 3.22. The number of fused-ring (bicyclic) bond motifs is 1. The van der Waals surface area contributed by atoms with Crippen molar-refractivity contribution < 1.29 is 0 Å². The Morgan fingerprint density at radius 1 is 1.33 bits per heavy atom. The monoisotopic (exact) mass is 258 g/mol. The number of nitrogens with one attached hydrogen (secondary N) is 1. The summed E-state index contributed by atoms with van der Waals surface area (Å²) in [6, 6.07) is 8.54. The molecule has 18 heavy (non-hydrogen) atoms. The van der Waals surface area contributed by atoms with Gasteiger partial charge in [-0.05, 0) is 36.1 Å². The molecule has 1 aliphatic carbocycles. The van der Waals surface area contributed by atoms with Gasteiger partial charge in [0.05, 0.1) is 0 Å². The van der Waals surface area contributed by atoms with E-state index in [1.54, 1.807) is 0 Å². The summed E-state index contributed by atoms with van der Waals surface area (Å²) < 4.78 is 0.534. The fraction of sp³-hybridized carbons (Fsp3) is 0.400. The smallest absolute Gasteiger partial charge is 0.0346 e. The average Bonchev–Trinajstić information content (AvgIpc) is 3.20. The molecule has 1 aromatic carbocycles. The van der Waals surface area contributed by atoms with Gasteiger partial charge in [-0.15, -0.1) is 0 Å². The van der Waals surface area contributed by atoms with E-state index in [0.29, 0.717) is 4.75 Å². The normalized spacial score (nSPS) is 16.9. The predicted molar refractivity (Wildman–Crippen MR) is 78.9 cm³/mol. The maximum Gasteiger partial charge on any atom is 0.0346 e. The summed E-state index contributed by atoms with van der Waals surface area (Å²) in [6.45, 7) is 2.07. The highest BCUT2D eigenvalue weighted by molar-refractivity contribution is 8.00. The van der Waals surface area contributed by atoms with E-state index in [9.17, 15) is 0 Å². The SMILES string of the molecule is CSC1(CNCc2cccc3cnccc23)CC1. The van der Waals surface area contributed by atoms with Gasteiger partial charge in [0.2, 0.25) is 0 Å². The summed E-state index contributed by atoms with van der Waals surface area (Å²) in [6.07, 6.45) is 8.75. The van der Waals surface area contributed by atoms with Crippen LogP contribution in [0.2, 0.25) is 0 Å². The van der Waals surface area contributed by atoms with Crippen molar-refractivity contribution in [1.82, 2.24) is 10.3 Å². The van der Waals surface area contributed by atoms with Gasteiger partial charge < -0.3 is 5.32 Å². The van der Waals surface area contributed by atoms with Crippen molar-refractivity contribution in [3.63, 3.8) is 0 Å². The molecule has 94 valence electrons. The van der Waals surface area contributed by atoms with E-state index >= 15 is 0 Å². The Morgan fingerprint density at radius 2 is 2.22 bits per heavy atom. The number of thioether (sulfide) groups is 1. The molecule has 2 aromatic rings. The molecule has 3 rings (SSSR count). The summed E-state index contributed by atoms with van der Waals surface area (Å²) in [4.78, 5) is 4.17. The molecular weight excluding hydrogens is 240 g/mol. The topological polar surface area (TPSA) is 24.9 Å². The summed E-state index contributed by atoms with van der Waals surface area (Å²) in [7, 11) is 0. The quantitative estimate of drug-likeness (QED) is 0.891. The van der Waals surface area contributed by atoms with Crippen molar-refractivity contribution in [2.24, 2.45) is 0 Å².